The van der Waals surface area contributed by atoms with Crippen molar-refractivity contribution in [2.75, 3.05) is 23.8 Å². The molecule has 0 aliphatic carbocycles. The van der Waals surface area contributed by atoms with Crippen LogP contribution in [0, 0.1) is 0 Å². The number of ether oxygens (including phenoxy) is 2. The van der Waals surface area contributed by atoms with E-state index in [0.717, 1.165) is 5.75 Å². The van der Waals surface area contributed by atoms with Gasteiger partial charge < -0.3 is 25.8 Å². The van der Waals surface area contributed by atoms with Crippen LogP contribution < -0.4 is 25.8 Å². The number of amides is 3. The van der Waals surface area contributed by atoms with Crippen LogP contribution in [0.5, 0.6) is 11.5 Å². The van der Waals surface area contributed by atoms with Gasteiger partial charge in [0.2, 0.25) is 0 Å². The van der Waals surface area contributed by atoms with Crippen LogP contribution in [0.15, 0.2) is 66.7 Å². The Balaban J connectivity index is 1.54. The Labute approximate surface area is 195 Å². The summed E-state index contributed by atoms with van der Waals surface area (Å²) in [5, 5.41) is 5.78. The van der Waals surface area contributed by atoms with Crippen molar-refractivity contribution in [3.8, 4) is 11.5 Å². The van der Waals surface area contributed by atoms with Gasteiger partial charge in [-0.1, -0.05) is 11.6 Å². The molecule has 3 rings (SSSR count). The SMILES string of the molecule is CCOc1ccc(NC(=O)c2ccc(NC(=O)COc3ccc(Cl)cc3C(N)=O)cc2)cc1. The molecule has 3 aromatic carbocycles. The lowest BCUT2D eigenvalue weighted by Crippen LogP contribution is -2.21. The highest BCUT2D eigenvalue weighted by atomic mass is 35.5. The third-order valence-electron chi connectivity index (χ3n) is 4.42. The van der Waals surface area contributed by atoms with Gasteiger partial charge in [0.05, 0.1) is 12.2 Å². The van der Waals surface area contributed by atoms with E-state index in [1.165, 1.54) is 18.2 Å². The van der Waals surface area contributed by atoms with Crippen molar-refractivity contribution in [1.29, 1.82) is 0 Å². The van der Waals surface area contributed by atoms with Gasteiger partial charge in [0.25, 0.3) is 17.7 Å². The monoisotopic (exact) mass is 467 g/mol. The highest BCUT2D eigenvalue weighted by Gasteiger charge is 2.13. The minimum atomic E-state index is -0.716. The summed E-state index contributed by atoms with van der Waals surface area (Å²) >= 11 is 5.85. The van der Waals surface area contributed by atoms with Crippen LogP contribution in [-0.2, 0) is 4.79 Å². The first kappa shape index (κ1) is 23.6. The van der Waals surface area contributed by atoms with Crippen molar-refractivity contribution >= 4 is 40.7 Å². The number of carbonyl (C=O) groups is 3. The lowest BCUT2D eigenvalue weighted by Gasteiger charge is -2.11. The third-order valence-corrected chi connectivity index (χ3v) is 4.65. The molecule has 0 aromatic heterocycles. The van der Waals surface area contributed by atoms with Crippen LogP contribution in [0.1, 0.15) is 27.6 Å². The summed E-state index contributed by atoms with van der Waals surface area (Å²) in [4.78, 5) is 36.1. The molecule has 3 aromatic rings. The zero-order valence-corrected chi connectivity index (χ0v) is 18.5. The summed E-state index contributed by atoms with van der Waals surface area (Å²) < 4.78 is 10.8. The molecule has 4 N–H and O–H groups in total. The lowest BCUT2D eigenvalue weighted by atomic mass is 10.2. The Kier molecular flexibility index (Phi) is 7.88. The normalized spacial score (nSPS) is 10.2. The molecule has 0 unspecified atom stereocenters. The van der Waals surface area contributed by atoms with Crippen molar-refractivity contribution in [3.05, 3.63) is 82.9 Å². The fourth-order valence-electron chi connectivity index (χ4n) is 2.87. The van der Waals surface area contributed by atoms with E-state index in [4.69, 9.17) is 26.8 Å². The first-order valence-corrected chi connectivity index (χ1v) is 10.4. The summed E-state index contributed by atoms with van der Waals surface area (Å²) in [6.45, 7) is 2.12. The van der Waals surface area contributed by atoms with Crippen molar-refractivity contribution < 1.29 is 23.9 Å². The Bertz CT molecular complexity index is 1150. The molecule has 0 spiro atoms. The van der Waals surface area contributed by atoms with Gasteiger partial charge in [-0.3, -0.25) is 14.4 Å². The Hall–Kier alpha value is -4.04. The average molecular weight is 468 g/mol. The van der Waals surface area contributed by atoms with Crippen molar-refractivity contribution in [3.63, 3.8) is 0 Å². The molecule has 0 saturated carbocycles. The molecule has 0 aliphatic rings. The van der Waals surface area contributed by atoms with Crippen molar-refractivity contribution in [2.45, 2.75) is 6.92 Å². The van der Waals surface area contributed by atoms with E-state index in [1.54, 1.807) is 48.5 Å². The standard InChI is InChI=1S/C24H22ClN3O5/c1-2-32-19-10-8-18(9-11-19)28-24(31)15-3-6-17(7-4-15)27-22(29)14-33-21-12-5-16(25)13-20(21)23(26)30/h3-13H,2,14H2,1H3,(H2,26,30)(H,27,29)(H,28,31). The van der Waals surface area contributed by atoms with Gasteiger partial charge in [-0.2, -0.15) is 0 Å². The Morgan fingerprint density at radius 1 is 0.879 bits per heavy atom. The molecule has 0 aliphatic heterocycles. The minimum Gasteiger partial charge on any atom is -0.494 e. The van der Waals surface area contributed by atoms with Gasteiger partial charge >= 0.3 is 0 Å². The van der Waals surface area contributed by atoms with Gasteiger partial charge in [0.1, 0.15) is 11.5 Å². The summed E-state index contributed by atoms with van der Waals surface area (Å²) in [7, 11) is 0. The van der Waals surface area contributed by atoms with E-state index in [1.807, 2.05) is 6.92 Å². The Morgan fingerprint density at radius 3 is 2.15 bits per heavy atom. The highest BCUT2D eigenvalue weighted by molar-refractivity contribution is 6.31. The zero-order chi connectivity index (χ0) is 23.8. The first-order valence-electron chi connectivity index (χ1n) is 10.0. The van der Waals surface area contributed by atoms with E-state index in [2.05, 4.69) is 10.6 Å². The molecule has 8 nitrogen and oxygen atoms in total. The highest BCUT2D eigenvalue weighted by Crippen LogP contribution is 2.22. The van der Waals surface area contributed by atoms with Crippen LogP contribution in [0.4, 0.5) is 11.4 Å². The number of halogens is 1. The largest absolute Gasteiger partial charge is 0.494 e. The molecule has 0 fully saturated rings. The smallest absolute Gasteiger partial charge is 0.262 e. The van der Waals surface area contributed by atoms with Gasteiger partial charge in [-0.15, -0.1) is 0 Å². The second-order valence-corrected chi connectivity index (χ2v) is 7.27. The number of rotatable bonds is 9. The van der Waals surface area contributed by atoms with Crippen LogP contribution in [0.25, 0.3) is 0 Å². The van der Waals surface area contributed by atoms with Crippen LogP contribution in [-0.4, -0.2) is 30.9 Å². The number of hydrogen-bond acceptors (Lipinski definition) is 5. The predicted octanol–water partition coefficient (Wildman–Crippen LogP) is 4.11. The van der Waals surface area contributed by atoms with E-state index < -0.39 is 11.8 Å². The van der Waals surface area contributed by atoms with Gasteiger partial charge in [0, 0.05) is 22.0 Å². The maximum atomic E-state index is 12.4. The fraction of sp³-hybridized carbons (Fsp3) is 0.125. The van der Waals surface area contributed by atoms with Crippen LogP contribution in [0.2, 0.25) is 5.02 Å². The molecule has 0 radical (unpaired) electrons. The number of nitrogens with two attached hydrogens (primary N) is 1. The number of benzene rings is 3. The summed E-state index contributed by atoms with van der Waals surface area (Å²) in [5.41, 5.74) is 6.92. The molecule has 0 heterocycles. The zero-order valence-electron chi connectivity index (χ0n) is 17.8. The average Bonchev–Trinajstić information content (AvgIpc) is 2.80. The van der Waals surface area contributed by atoms with E-state index in [-0.39, 0.29) is 23.8 Å². The predicted molar refractivity (Wildman–Crippen MR) is 126 cm³/mol. The second-order valence-electron chi connectivity index (χ2n) is 6.83. The van der Waals surface area contributed by atoms with E-state index in [9.17, 15) is 14.4 Å². The quantitative estimate of drug-likeness (QED) is 0.437. The summed E-state index contributed by atoms with van der Waals surface area (Å²) in [6, 6.07) is 17.8. The van der Waals surface area contributed by atoms with Gasteiger partial charge in [-0.25, -0.2) is 0 Å². The van der Waals surface area contributed by atoms with Gasteiger partial charge in [0.15, 0.2) is 6.61 Å². The second kappa shape index (κ2) is 11.0. The molecule has 0 atom stereocenters. The molecule has 9 heteroatoms. The number of primary amides is 1. The van der Waals surface area contributed by atoms with Crippen molar-refractivity contribution in [1.82, 2.24) is 0 Å². The van der Waals surface area contributed by atoms with E-state index >= 15 is 0 Å². The molecule has 170 valence electrons. The number of anilines is 2. The number of carbonyl (C=O) groups excluding carboxylic acids is 3. The number of nitrogens with one attached hydrogen (secondary N) is 2. The molecular formula is C24H22ClN3O5. The van der Waals surface area contributed by atoms with Crippen LogP contribution >= 0.6 is 11.6 Å². The summed E-state index contributed by atoms with van der Waals surface area (Å²) in [5.74, 6) is -0.578. The molecular weight excluding hydrogens is 446 g/mol. The Morgan fingerprint density at radius 2 is 1.52 bits per heavy atom. The first-order chi connectivity index (χ1) is 15.9. The topological polar surface area (TPSA) is 120 Å². The van der Waals surface area contributed by atoms with Crippen LogP contribution in [0.3, 0.4) is 0 Å². The molecule has 33 heavy (non-hydrogen) atoms. The molecule has 0 bridgehead atoms. The maximum Gasteiger partial charge on any atom is 0.262 e. The lowest BCUT2D eigenvalue weighted by molar-refractivity contribution is -0.118. The van der Waals surface area contributed by atoms with E-state index in [0.29, 0.717) is 28.6 Å². The van der Waals surface area contributed by atoms with Crippen molar-refractivity contribution in [2.24, 2.45) is 5.73 Å². The molecule has 0 saturated heterocycles. The minimum absolute atomic E-state index is 0.0817. The maximum absolute atomic E-state index is 12.4. The van der Waals surface area contributed by atoms with Gasteiger partial charge in [-0.05, 0) is 73.7 Å². The number of hydrogen-bond donors (Lipinski definition) is 3. The fourth-order valence-corrected chi connectivity index (χ4v) is 3.04. The molecule has 3 amide bonds. The summed E-state index contributed by atoms with van der Waals surface area (Å²) in [6.07, 6.45) is 0. The third kappa shape index (κ3) is 6.72.